The highest BCUT2D eigenvalue weighted by atomic mass is 28.2. The predicted octanol–water partition coefficient (Wildman–Crippen LogP) is 3.22. The molecule has 0 radical (unpaired) electrons. The molecule has 1 saturated heterocycles. The highest BCUT2D eigenvalue weighted by molar-refractivity contribution is 6.36. The van der Waals surface area contributed by atoms with Gasteiger partial charge in [0, 0.05) is 22.6 Å². The monoisotopic (exact) mass is 239 g/mol. The van der Waals surface area contributed by atoms with E-state index in [1.807, 2.05) is 0 Å². The third kappa shape index (κ3) is 7.23. The van der Waals surface area contributed by atoms with Crippen LogP contribution in [-0.4, -0.2) is 34.1 Å². The Kier molecular flexibility index (Phi) is 7.86. The van der Waals surface area contributed by atoms with Crippen molar-refractivity contribution in [1.29, 1.82) is 0 Å². The lowest BCUT2D eigenvalue weighted by Gasteiger charge is -2.04. The Morgan fingerprint density at radius 2 is 1.88 bits per heavy atom. The molecule has 0 amide bonds. The van der Waals surface area contributed by atoms with Gasteiger partial charge in [-0.25, -0.2) is 0 Å². The molecule has 94 valence electrons. The molecule has 0 spiro atoms. The van der Waals surface area contributed by atoms with E-state index >= 15 is 0 Å². The lowest BCUT2D eigenvalue weighted by atomic mass is 10.1. The first-order chi connectivity index (χ1) is 7.86. The van der Waals surface area contributed by atoms with Crippen molar-refractivity contribution >= 4 is 9.52 Å². The van der Waals surface area contributed by atoms with Crippen molar-refractivity contribution in [2.75, 3.05) is 19.6 Å². The molecule has 0 saturated carbocycles. The van der Waals surface area contributed by atoms with Crippen LogP contribution in [0.15, 0.2) is 11.6 Å². The molecule has 0 atom stereocenters. The quantitative estimate of drug-likeness (QED) is 0.245. The lowest BCUT2D eigenvalue weighted by Crippen LogP contribution is -2.00. The Labute approximate surface area is 104 Å². The van der Waals surface area contributed by atoms with Crippen molar-refractivity contribution in [2.24, 2.45) is 0 Å². The van der Waals surface area contributed by atoms with Crippen molar-refractivity contribution < 1.29 is 0 Å². The van der Waals surface area contributed by atoms with Gasteiger partial charge in [0.15, 0.2) is 0 Å². The van der Waals surface area contributed by atoms with Gasteiger partial charge in [-0.3, -0.25) is 0 Å². The summed E-state index contributed by atoms with van der Waals surface area (Å²) in [5.74, 6) is 0. The van der Waals surface area contributed by atoms with Gasteiger partial charge in [0.2, 0.25) is 0 Å². The van der Waals surface area contributed by atoms with E-state index < -0.39 is 0 Å². The molecule has 0 unspecified atom stereocenters. The third-order valence-corrected chi connectivity index (χ3v) is 4.99. The standard InChI is InChI=1S/C14H29NSi/c1-3-6-14(7-4-2)8-13-16-12-5-9-15-10-11-15/h8H,3-7,9-13,16H2,1-2H3. The van der Waals surface area contributed by atoms with Gasteiger partial charge in [0.1, 0.15) is 0 Å². The number of nitrogens with zero attached hydrogens (tertiary/aromatic N) is 1. The Morgan fingerprint density at radius 3 is 2.44 bits per heavy atom. The molecule has 1 fully saturated rings. The topological polar surface area (TPSA) is 3.01 Å². The van der Waals surface area contributed by atoms with Crippen LogP contribution < -0.4 is 0 Å². The number of hydrogen-bond acceptors (Lipinski definition) is 1. The first-order valence-corrected chi connectivity index (χ1v) is 9.27. The molecular formula is C14H29NSi. The van der Waals surface area contributed by atoms with E-state index in [2.05, 4.69) is 24.8 Å². The second-order valence-electron chi connectivity index (χ2n) is 5.05. The fraction of sp³-hybridized carbons (Fsp3) is 0.857. The Balaban J connectivity index is 1.97. The SMILES string of the molecule is CCCC(=CC[SiH2]CCCN1CC1)CCC. The van der Waals surface area contributed by atoms with Crippen molar-refractivity contribution in [3.63, 3.8) is 0 Å². The van der Waals surface area contributed by atoms with Gasteiger partial charge in [0.25, 0.3) is 0 Å². The van der Waals surface area contributed by atoms with E-state index in [1.54, 1.807) is 11.6 Å². The highest BCUT2D eigenvalue weighted by Gasteiger charge is 2.14. The van der Waals surface area contributed by atoms with Gasteiger partial charge in [-0.15, -0.1) is 0 Å². The molecule has 0 N–H and O–H groups in total. The van der Waals surface area contributed by atoms with Crippen LogP contribution in [0.3, 0.4) is 0 Å². The third-order valence-electron chi connectivity index (χ3n) is 3.29. The summed E-state index contributed by atoms with van der Waals surface area (Å²) >= 11 is 0. The zero-order valence-electron chi connectivity index (χ0n) is 11.3. The van der Waals surface area contributed by atoms with Crippen LogP contribution >= 0.6 is 0 Å². The van der Waals surface area contributed by atoms with Crippen LogP contribution in [0, 0.1) is 0 Å². The molecule has 0 aromatic heterocycles. The van der Waals surface area contributed by atoms with Gasteiger partial charge >= 0.3 is 0 Å². The molecular weight excluding hydrogens is 210 g/mol. The second-order valence-corrected chi connectivity index (χ2v) is 7.04. The van der Waals surface area contributed by atoms with Crippen molar-refractivity contribution in [2.45, 2.75) is 58.0 Å². The Bertz CT molecular complexity index is 189. The summed E-state index contributed by atoms with van der Waals surface area (Å²) in [6.07, 6.45) is 9.38. The predicted molar refractivity (Wildman–Crippen MR) is 77.1 cm³/mol. The van der Waals surface area contributed by atoms with E-state index in [4.69, 9.17) is 0 Å². The van der Waals surface area contributed by atoms with Crippen LogP contribution in [-0.2, 0) is 0 Å². The average Bonchev–Trinajstić information content (AvgIpc) is 3.07. The van der Waals surface area contributed by atoms with Crippen LogP contribution in [0.5, 0.6) is 0 Å². The maximum atomic E-state index is 2.58. The van der Waals surface area contributed by atoms with E-state index in [9.17, 15) is 0 Å². The van der Waals surface area contributed by atoms with Gasteiger partial charge in [-0.1, -0.05) is 44.4 Å². The molecule has 1 aliphatic heterocycles. The van der Waals surface area contributed by atoms with Gasteiger partial charge in [-0.2, -0.15) is 0 Å². The van der Waals surface area contributed by atoms with Crippen LogP contribution in [0.1, 0.15) is 46.0 Å². The average molecular weight is 239 g/mol. The van der Waals surface area contributed by atoms with Crippen LogP contribution in [0.25, 0.3) is 0 Å². The lowest BCUT2D eigenvalue weighted by molar-refractivity contribution is 0.551. The number of hydrogen-bond donors (Lipinski definition) is 0. The van der Waals surface area contributed by atoms with E-state index in [0.717, 1.165) is 0 Å². The summed E-state index contributed by atoms with van der Waals surface area (Å²) in [4.78, 5) is 2.55. The van der Waals surface area contributed by atoms with E-state index in [1.165, 1.54) is 57.8 Å². The molecule has 1 heterocycles. The number of rotatable bonds is 10. The molecule has 16 heavy (non-hydrogen) atoms. The zero-order chi connectivity index (χ0) is 11.6. The fourth-order valence-electron chi connectivity index (χ4n) is 2.23. The van der Waals surface area contributed by atoms with Crippen LogP contribution in [0.2, 0.25) is 12.1 Å². The summed E-state index contributed by atoms with van der Waals surface area (Å²) in [7, 11) is 0.216. The molecule has 1 rings (SSSR count). The Morgan fingerprint density at radius 1 is 1.19 bits per heavy atom. The van der Waals surface area contributed by atoms with E-state index in [0.29, 0.717) is 0 Å². The molecule has 1 aliphatic rings. The summed E-state index contributed by atoms with van der Waals surface area (Å²) in [6, 6.07) is 3.01. The highest BCUT2D eigenvalue weighted by Crippen LogP contribution is 2.13. The summed E-state index contributed by atoms with van der Waals surface area (Å²) in [5.41, 5.74) is 1.74. The Hall–Kier alpha value is -0.0831. The maximum absolute atomic E-state index is 2.58. The maximum Gasteiger partial charge on any atom is 0.0240 e. The number of allylic oxidation sites excluding steroid dienone is 2. The fourth-order valence-corrected chi connectivity index (χ4v) is 3.71. The first kappa shape index (κ1) is 14.0. The van der Waals surface area contributed by atoms with E-state index in [-0.39, 0.29) is 9.52 Å². The van der Waals surface area contributed by atoms with Crippen molar-refractivity contribution in [1.82, 2.24) is 4.90 Å². The van der Waals surface area contributed by atoms with Crippen LogP contribution in [0.4, 0.5) is 0 Å². The minimum atomic E-state index is 0.216. The largest absolute Gasteiger partial charge is 0.301 e. The molecule has 2 heteroatoms. The first-order valence-electron chi connectivity index (χ1n) is 7.27. The van der Waals surface area contributed by atoms with Gasteiger partial charge < -0.3 is 4.90 Å². The minimum Gasteiger partial charge on any atom is -0.301 e. The molecule has 0 aliphatic carbocycles. The molecule has 0 bridgehead atoms. The smallest absolute Gasteiger partial charge is 0.0240 e. The minimum absolute atomic E-state index is 0.216. The molecule has 0 aromatic carbocycles. The molecule has 1 nitrogen and oxygen atoms in total. The molecule has 0 aromatic rings. The normalized spacial score (nSPS) is 15.9. The summed E-state index contributed by atoms with van der Waals surface area (Å²) in [6.45, 7) is 8.72. The zero-order valence-corrected chi connectivity index (χ0v) is 12.7. The van der Waals surface area contributed by atoms with Gasteiger partial charge in [-0.05, 0) is 31.9 Å². The summed E-state index contributed by atoms with van der Waals surface area (Å²) < 4.78 is 0. The van der Waals surface area contributed by atoms with Crippen molar-refractivity contribution in [3.05, 3.63) is 11.6 Å². The second kappa shape index (κ2) is 9.00. The van der Waals surface area contributed by atoms with Gasteiger partial charge in [0.05, 0.1) is 0 Å². The summed E-state index contributed by atoms with van der Waals surface area (Å²) in [5, 5.41) is 0. The van der Waals surface area contributed by atoms with Crippen molar-refractivity contribution in [3.8, 4) is 0 Å².